The lowest BCUT2D eigenvalue weighted by Crippen LogP contribution is -2.39. The summed E-state index contributed by atoms with van der Waals surface area (Å²) in [6.07, 6.45) is 3.16. The van der Waals surface area contributed by atoms with Crippen LogP contribution in [0.1, 0.15) is 49.8 Å². The minimum Gasteiger partial charge on any atom is -0.491 e. The van der Waals surface area contributed by atoms with Gasteiger partial charge >= 0.3 is 0 Å². The lowest BCUT2D eigenvalue weighted by atomic mass is 9.84. The molecule has 0 bridgehead atoms. The van der Waals surface area contributed by atoms with Crippen molar-refractivity contribution >= 4 is 17.5 Å². The highest BCUT2D eigenvalue weighted by Gasteiger charge is 2.31. The highest BCUT2D eigenvalue weighted by molar-refractivity contribution is 5.94. The van der Waals surface area contributed by atoms with E-state index < -0.39 is 0 Å². The molecule has 5 heteroatoms. The summed E-state index contributed by atoms with van der Waals surface area (Å²) < 4.78 is 5.93. The Labute approximate surface area is 185 Å². The van der Waals surface area contributed by atoms with E-state index in [-0.39, 0.29) is 23.7 Å². The SMILES string of the molecule is Cc1ccc(N(Cc2ccc3c(c2)CN(C(=O)C2CCC2)CCO3)C(=O)C(C)C)cc1. The first kappa shape index (κ1) is 21.4. The molecule has 0 unspecified atom stereocenters. The fraction of sp³-hybridized carbons (Fsp3) is 0.462. The molecule has 2 aliphatic rings. The molecule has 4 rings (SSSR count). The molecule has 0 saturated heterocycles. The number of carbonyl (C=O) groups is 2. The highest BCUT2D eigenvalue weighted by atomic mass is 16.5. The molecule has 1 fully saturated rings. The largest absolute Gasteiger partial charge is 0.491 e. The first-order valence-corrected chi connectivity index (χ1v) is 11.3. The molecule has 0 aromatic heterocycles. The number of anilines is 1. The molecule has 1 saturated carbocycles. The minimum atomic E-state index is -0.0962. The van der Waals surface area contributed by atoms with Crippen molar-refractivity contribution < 1.29 is 14.3 Å². The highest BCUT2D eigenvalue weighted by Crippen LogP contribution is 2.31. The zero-order chi connectivity index (χ0) is 22.0. The van der Waals surface area contributed by atoms with Crippen LogP contribution >= 0.6 is 0 Å². The van der Waals surface area contributed by atoms with Gasteiger partial charge in [-0.25, -0.2) is 0 Å². The van der Waals surface area contributed by atoms with E-state index in [2.05, 4.69) is 6.07 Å². The van der Waals surface area contributed by atoms with Crippen LogP contribution in [0.15, 0.2) is 42.5 Å². The van der Waals surface area contributed by atoms with Crippen LogP contribution in [-0.2, 0) is 22.7 Å². The number of ether oxygens (including phenoxy) is 1. The summed E-state index contributed by atoms with van der Waals surface area (Å²) >= 11 is 0. The summed E-state index contributed by atoms with van der Waals surface area (Å²) in [5.74, 6) is 1.28. The summed E-state index contributed by atoms with van der Waals surface area (Å²) in [6, 6.07) is 14.2. The van der Waals surface area contributed by atoms with E-state index in [0.29, 0.717) is 26.2 Å². The van der Waals surface area contributed by atoms with E-state index in [0.717, 1.165) is 41.8 Å². The number of benzene rings is 2. The van der Waals surface area contributed by atoms with Gasteiger partial charge in [-0.1, -0.05) is 44.0 Å². The zero-order valence-corrected chi connectivity index (χ0v) is 18.8. The lowest BCUT2D eigenvalue weighted by molar-refractivity contribution is -0.138. The third-order valence-corrected chi connectivity index (χ3v) is 6.32. The Balaban J connectivity index is 1.57. The minimum absolute atomic E-state index is 0.0943. The van der Waals surface area contributed by atoms with Gasteiger partial charge in [0.05, 0.1) is 13.1 Å². The van der Waals surface area contributed by atoms with Crippen LogP contribution in [0.25, 0.3) is 0 Å². The fourth-order valence-electron chi connectivity index (χ4n) is 4.16. The number of nitrogens with zero attached hydrogens (tertiary/aromatic N) is 2. The number of rotatable bonds is 5. The van der Waals surface area contributed by atoms with Gasteiger partial charge < -0.3 is 14.5 Å². The number of hydrogen-bond donors (Lipinski definition) is 0. The average molecular weight is 421 g/mol. The van der Waals surface area contributed by atoms with Crippen LogP contribution in [0.5, 0.6) is 5.75 Å². The Morgan fingerprint density at radius 1 is 1.13 bits per heavy atom. The van der Waals surface area contributed by atoms with Crippen molar-refractivity contribution in [3.8, 4) is 5.75 Å². The van der Waals surface area contributed by atoms with Crippen molar-refractivity contribution in [3.05, 3.63) is 59.2 Å². The summed E-state index contributed by atoms with van der Waals surface area (Å²) in [4.78, 5) is 29.6. The summed E-state index contributed by atoms with van der Waals surface area (Å²) in [6.45, 7) is 8.11. The molecule has 1 aliphatic carbocycles. The van der Waals surface area contributed by atoms with E-state index >= 15 is 0 Å². The van der Waals surface area contributed by atoms with Crippen molar-refractivity contribution in [2.45, 2.75) is 53.1 Å². The van der Waals surface area contributed by atoms with Gasteiger partial charge in [-0.2, -0.15) is 0 Å². The summed E-state index contributed by atoms with van der Waals surface area (Å²) in [5, 5.41) is 0. The number of aryl methyl sites for hydroxylation is 1. The Morgan fingerprint density at radius 3 is 2.52 bits per heavy atom. The first-order chi connectivity index (χ1) is 14.9. The second kappa shape index (κ2) is 9.13. The standard InChI is InChI=1S/C26H32N2O3/c1-18(2)25(29)28(23-10-7-19(3)8-11-23)16-20-9-12-24-22(15-20)17-27(13-14-31-24)26(30)21-5-4-6-21/h7-12,15,18,21H,4-6,13-14,16-17H2,1-3H3. The van der Waals surface area contributed by atoms with Crippen molar-refractivity contribution in [1.82, 2.24) is 4.90 Å². The molecule has 0 spiro atoms. The summed E-state index contributed by atoms with van der Waals surface area (Å²) in [5.41, 5.74) is 4.12. The Hall–Kier alpha value is -2.82. The molecule has 1 aliphatic heterocycles. The van der Waals surface area contributed by atoms with Crippen LogP contribution in [-0.4, -0.2) is 29.9 Å². The third-order valence-electron chi connectivity index (χ3n) is 6.32. The van der Waals surface area contributed by atoms with Gasteiger partial charge in [-0.15, -0.1) is 0 Å². The molecule has 2 aromatic carbocycles. The molecular weight excluding hydrogens is 388 g/mol. The van der Waals surface area contributed by atoms with Gasteiger partial charge in [0.2, 0.25) is 11.8 Å². The topological polar surface area (TPSA) is 49.9 Å². The first-order valence-electron chi connectivity index (χ1n) is 11.3. The number of amides is 2. The molecule has 5 nitrogen and oxygen atoms in total. The molecule has 2 amide bonds. The zero-order valence-electron chi connectivity index (χ0n) is 18.8. The van der Waals surface area contributed by atoms with Gasteiger partial charge in [0.15, 0.2) is 0 Å². The van der Waals surface area contributed by atoms with E-state index in [4.69, 9.17) is 4.74 Å². The number of carbonyl (C=O) groups excluding carboxylic acids is 2. The van der Waals surface area contributed by atoms with Gasteiger partial charge in [-0.3, -0.25) is 9.59 Å². The van der Waals surface area contributed by atoms with Crippen LogP contribution < -0.4 is 9.64 Å². The number of fused-ring (bicyclic) bond motifs is 1. The molecule has 0 N–H and O–H groups in total. The van der Waals surface area contributed by atoms with Crippen molar-refractivity contribution in [2.24, 2.45) is 11.8 Å². The quantitative estimate of drug-likeness (QED) is 0.704. The molecule has 0 atom stereocenters. The lowest BCUT2D eigenvalue weighted by Gasteiger charge is -2.30. The normalized spacial score (nSPS) is 16.2. The van der Waals surface area contributed by atoms with Crippen molar-refractivity contribution in [2.75, 3.05) is 18.1 Å². The van der Waals surface area contributed by atoms with Gasteiger partial charge in [0.25, 0.3) is 0 Å². The van der Waals surface area contributed by atoms with Crippen molar-refractivity contribution in [3.63, 3.8) is 0 Å². The van der Waals surface area contributed by atoms with E-state index in [1.807, 2.05) is 67.0 Å². The number of hydrogen-bond acceptors (Lipinski definition) is 3. The maximum atomic E-state index is 13.0. The van der Waals surface area contributed by atoms with Crippen molar-refractivity contribution in [1.29, 1.82) is 0 Å². The molecule has 0 radical (unpaired) electrons. The smallest absolute Gasteiger partial charge is 0.229 e. The molecule has 1 heterocycles. The fourth-order valence-corrected chi connectivity index (χ4v) is 4.16. The second-order valence-corrected chi connectivity index (χ2v) is 9.09. The Bertz CT molecular complexity index is 948. The van der Waals surface area contributed by atoms with E-state index in [1.165, 1.54) is 5.56 Å². The van der Waals surface area contributed by atoms with E-state index in [1.54, 1.807) is 0 Å². The van der Waals surface area contributed by atoms with Crippen LogP contribution in [0.3, 0.4) is 0 Å². The molecule has 164 valence electrons. The van der Waals surface area contributed by atoms with Crippen LogP contribution in [0.4, 0.5) is 5.69 Å². The van der Waals surface area contributed by atoms with Gasteiger partial charge in [0.1, 0.15) is 12.4 Å². The average Bonchev–Trinajstić information content (AvgIpc) is 2.93. The van der Waals surface area contributed by atoms with Crippen LogP contribution in [0.2, 0.25) is 0 Å². The maximum Gasteiger partial charge on any atom is 0.229 e. The predicted octanol–water partition coefficient (Wildman–Crippen LogP) is 4.71. The predicted molar refractivity (Wildman–Crippen MR) is 122 cm³/mol. The van der Waals surface area contributed by atoms with Gasteiger partial charge in [-0.05, 0) is 49.6 Å². The van der Waals surface area contributed by atoms with E-state index in [9.17, 15) is 9.59 Å². The monoisotopic (exact) mass is 420 g/mol. The Kier molecular flexibility index (Phi) is 6.30. The molecular formula is C26H32N2O3. The van der Waals surface area contributed by atoms with Gasteiger partial charge in [0, 0.05) is 29.6 Å². The molecule has 2 aromatic rings. The third kappa shape index (κ3) is 4.76. The maximum absolute atomic E-state index is 13.0. The second-order valence-electron chi connectivity index (χ2n) is 9.09. The molecule has 31 heavy (non-hydrogen) atoms. The summed E-state index contributed by atoms with van der Waals surface area (Å²) in [7, 11) is 0. The Morgan fingerprint density at radius 2 is 1.87 bits per heavy atom. The van der Waals surface area contributed by atoms with Crippen LogP contribution in [0, 0.1) is 18.8 Å².